The van der Waals surface area contributed by atoms with Crippen molar-refractivity contribution in [3.8, 4) is 0 Å². The molecule has 0 unspecified atom stereocenters. The largest absolute Gasteiger partial charge is 0.388 e. The lowest BCUT2D eigenvalue weighted by Crippen LogP contribution is -2.50. The van der Waals surface area contributed by atoms with E-state index in [4.69, 9.17) is 17.3 Å². The standard InChI is InChI=1S/C16H22ClN3O3/c1-10(15(22)19-16(18)23)20-8-6-12(7-9-20)14(21)11-2-4-13(17)5-3-11/h2-5,10,12,14,21H,6-9H2,1H3,(H3,18,19,22,23)/t10-,14+/m1/s1. The van der Waals surface area contributed by atoms with E-state index in [9.17, 15) is 14.7 Å². The lowest BCUT2D eigenvalue weighted by atomic mass is 9.87. The van der Waals surface area contributed by atoms with Gasteiger partial charge in [0.15, 0.2) is 0 Å². The Morgan fingerprint density at radius 1 is 1.30 bits per heavy atom. The summed E-state index contributed by atoms with van der Waals surface area (Å²) in [6, 6.07) is 5.95. The van der Waals surface area contributed by atoms with Crippen molar-refractivity contribution in [2.45, 2.75) is 31.9 Å². The Labute approximate surface area is 140 Å². The fourth-order valence-electron chi connectivity index (χ4n) is 2.95. The third-order valence-electron chi connectivity index (χ3n) is 4.41. The van der Waals surface area contributed by atoms with Crippen LogP contribution in [0.2, 0.25) is 5.02 Å². The summed E-state index contributed by atoms with van der Waals surface area (Å²) in [7, 11) is 0. The predicted molar refractivity (Wildman–Crippen MR) is 87.9 cm³/mol. The fraction of sp³-hybridized carbons (Fsp3) is 0.500. The molecule has 0 aliphatic carbocycles. The van der Waals surface area contributed by atoms with Crippen LogP contribution in [0.15, 0.2) is 24.3 Å². The van der Waals surface area contributed by atoms with Crippen LogP contribution < -0.4 is 11.1 Å². The van der Waals surface area contributed by atoms with Crippen LogP contribution in [0.25, 0.3) is 0 Å². The Morgan fingerprint density at radius 3 is 2.39 bits per heavy atom. The van der Waals surface area contributed by atoms with E-state index in [0.717, 1.165) is 18.4 Å². The van der Waals surface area contributed by atoms with Crippen molar-refractivity contribution in [2.75, 3.05) is 13.1 Å². The summed E-state index contributed by atoms with van der Waals surface area (Å²) in [5, 5.41) is 13.2. The zero-order valence-electron chi connectivity index (χ0n) is 13.0. The van der Waals surface area contributed by atoms with Crippen LogP contribution in [0.1, 0.15) is 31.4 Å². The summed E-state index contributed by atoms with van der Waals surface area (Å²) in [6.07, 6.45) is 1.01. The van der Waals surface area contributed by atoms with Crippen LogP contribution >= 0.6 is 11.6 Å². The molecule has 0 spiro atoms. The Kier molecular flexibility index (Phi) is 5.98. The zero-order chi connectivity index (χ0) is 17.0. The fourth-order valence-corrected chi connectivity index (χ4v) is 3.07. The zero-order valence-corrected chi connectivity index (χ0v) is 13.8. The molecule has 1 aliphatic rings. The van der Waals surface area contributed by atoms with Gasteiger partial charge >= 0.3 is 6.03 Å². The molecule has 0 radical (unpaired) electrons. The SMILES string of the molecule is C[C@H](C(=O)NC(N)=O)N1CCC([C@@H](O)c2ccc(Cl)cc2)CC1. The van der Waals surface area contributed by atoms with Crippen LogP contribution in [0.4, 0.5) is 4.79 Å². The number of nitrogens with one attached hydrogen (secondary N) is 1. The van der Waals surface area contributed by atoms with E-state index in [0.29, 0.717) is 18.1 Å². The summed E-state index contributed by atoms with van der Waals surface area (Å²) in [5.74, 6) is -0.256. The Bertz CT molecular complexity index is 556. The van der Waals surface area contributed by atoms with Gasteiger partial charge in [0.1, 0.15) is 0 Å². The number of urea groups is 1. The number of amides is 3. The van der Waals surface area contributed by atoms with Gasteiger partial charge in [-0.1, -0.05) is 23.7 Å². The molecule has 0 aromatic heterocycles. The van der Waals surface area contributed by atoms with Gasteiger partial charge < -0.3 is 10.8 Å². The molecule has 126 valence electrons. The molecule has 0 bridgehead atoms. The number of benzene rings is 1. The van der Waals surface area contributed by atoms with Crippen molar-refractivity contribution in [1.29, 1.82) is 0 Å². The second-order valence-electron chi connectivity index (χ2n) is 5.90. The Balaban J connectivity index is 1.89. The first kappa shape index (κ1) is 17.7. The van der Waals surface area contributed by atoms with Crippen molar-refractivity contribution in [3.63, 3.8) is 0 Å². The second-order valence-corrected chi connectivity index (χ2v) is 6.34. The number of likely N-dealkylation sites (tertiary alicyclic amines) is 1. The summed E-state index contributed by atoms with van der Waals surface area (Å²) in [6.45, 7) is 3.11. The number of aliphatic hydroxyl groups is 1. The minimum absolute atomic E-state index is 0.138. The topological polar surface area (TPSA) is 95.7 Å². The van der Waals surface area contributed by atoms with Gasteiger partial charge in [-0.25, -0.2) is 4.79 Å². The molecule has 0 saturated carbocycles. The molecule has 1 heterocycles. The van der Waals surface area contributed by atoms with E-state index in [2.05, 4.69) is 5.32 Å². The second kappa shape index (κ2) is 7.77. The van der Waals surface area contributed by atoms with Gasteiger partial charge in [-0.15, -0.1) is 0 Å². The monoisotopic (exact) mass is 339 g/mol. The van der Waals surface area contributed by atoms with Crippen molar-refractivity contribution in [1.82, 2.24) is 10.2 Å². The third kappa shape index (κ3) is 4.67. The van der Waals surface area contributed by atoms with Crippen LogP contribution in [-0.2, 0) is 4.79 Å². The van der Waals surface area contributed by atoms with Crippen molar-refractivity contribution in [3.05, 3.63) is 34.9 Å². The maximum absolute atomic E-state index is 11.8. The highest BCUT2D eigenvalue weighted by Crippen LogP contribution is 2.31. The van der Waals surface area contributed by atoms with E-state index in [1.54, 1.807) is 19.1 Å². The molecule has 7 heteroatoms. The number of carbonyl (C=O) groups excluding carboxylic acids is 2. The number of nitrogens with zero attached hydrogens (tertiary/aromatic N) is 1. The van der Waals surface area contributed by atoms with E-state index >= 15 is 0 Å². The first-order valence-electron chi connectivity index (χ1n) is 7.66. The molecule has 2 rings (SSSR count). The van der Waals surface area contributed by atoms with Crippen LogP contribution in [0.5, 0.6) is 0 Å². The number of primary amides is 1. The number of aliphatic hydroxyl groups excluding tert-OH is 1. The number of piperidine rings is 1. The average Bonchev–Trinajstić information content (AvgIpc) is 2.53. The lowest BCUT2D eigenvalue weighted by Gasteiger charge is -2.36. The molecule has 1 aliphatic heterocycles. The molecular formula is C16H22ClN3O3. The van der Waals surface area contributed by atoms with Crippen molar-refractivity contribution in [2.24, 2.45) is 11.7 Å². The molecule has 1 aromatic rings. The Hall–Kier alpha value is -1.63. The van der Waals surface area contributed by atoms with Crippen LogP contribution in [0.3, 0.4) is 0 Å². The molecule has 23 heavy (non-hydrogen) atoms. The first-order valence-corrected chi connectivity index (χ1v) is 8.04. The first-order chi connectivity index (χ1) is 10.9. The molecule has 3 amide bonds. The third-order valence-corrected chi connectivity index (χ3v) is 4.66. The van der Waals surface area contributed by atoms with E-state index < -0.39 is 24.1 Å². The quantitative estimate of drug-likeness (QED) is 0.777. The minimum Gasteiger partial charge on any atom is -0.388 e. The lowest BCUT2D eigenvalue weighted by molar-refractivity contribution is -0.125. The Morgan fingerprint density at radius 2 is 1.87 bits per heavy atom. The summed E-state index contributed by atoms with van der Waals surface area (Å²) < 4.78 is 0. The van der Waals surface area contributed by atoms with Crippen LogP contribution in [0, 0.1) is 5.92 Å². The van der Waals surface area contributed by atoms with Crippen molar-refractivity contribution >= 4 is 23.5 Å². The summed E-state index contributed by atoms with van der Waals surface area (Å²) >= 11 is 5.86. The number of halogens is 1. The molecule has 1 saturated heterocycles. The normalized spacial score (nSPS) is 19.1. The smallest absolute Gasteiger partial charge is 0.318 e. The van der Waals surface area contributed by atoms with E-state index in [1.165, 1.54) is 0 Å². The molecular weight excluding hydrogens is 318 g/mol. The number of hydrogen-bond donors (Lipinski definition) is 3. The number of carbonyl (C=O) groups is 2. The number of imide groups is 1. The molecule has 6 nitrogen and oxygen atoms in total. The predicted octanol–water partition coefficient (Wildman–Crippen LogP) is 1.67. The highest BCUT2D eigenvalue weighted by Gasteiger charge is 2.30. The van der Waals surface area contributed by atoms with Gasteiger partial charge in [-0.2, -0.15) is 0 Å². The minimum atomic E-state index is -0.838. The molecule has 1 fully saturated rings. The van der Waals surface area contributed by atoms with E-state index in [1.807, 2.05) is 17.0 Å². The molecule has 1 aromatic carbocycles. The summed E-state index contributed by atoms with van der Waals surface area (Å²) in [4.78, 5) is 24.5. The van der Waals surface area contributed by atoms with E-state index in [-0.39, 0.29) is 5.92 Å². The van der Waals surface area contributed by atoms with Gasteiger partial charge in [0.05, 0.1) is 12.1 Å². The molecule has 4 N–H and O–H groups in total. The number of hydrogen-bond acceptors (Lipinski definition) is 4. The number of rotatable bonds is 4. The molecule has 2 atom stereocenters. The van der Waals surface area contributed by atoms with Crippen molar-refractivity contribution < 1.29 is 14.7 Å². The highest BCUT2D eigenvalue weighted by atomic mass is 35.5. The van der Waals surface area contributed by atoms with Gasteiger partial charge in [-0.05, 0) is 56.5 Å². The highest BCUT2D eigenvalue weighted by molar-refractivity contribution is 6.30. The number of nitrogens with two attached hydrogens (primary N) is 1. The van der Waals surface area contributed by atoms with Gasteiger partial charge in [0, 0.05) is 5.02 Å². The average molecular weight is 340 g/mol. The maximum Gasteiger partial charge on any atom is 0.318 e. The van der Waals surface area contributed by atoms with Crippen LogP contribution in [-0.4, -0.2) is 41.1 Å². The summed E-state index contributed by atoms with van der Waals surface area (Å²) in [5.41, 5.74) is 5.82. The van der Waals surface area contributed by atoms with Gasteiger partial charge in [-0.3, -0.25) is 15.0 Å². The van der Waals surface area contributed by atoms with Gasteiger partial charge in [0.2, 0.25) is 5.91 Å². The maximum atomic E-state index is 11.8. The van der Waals surface area contributed by atoms with Gasteiger partial charge in [0.25, 0.3) is 0 Å².